The first-order valence-corrected chi connectivity index (χ1v) is 9.68. The van der Waals surface area contributed by atoms with Crippen molar-refractivity contribution in [2.24, 2.45) is 5.92 Å². The molecule has 1 saturated heterocycles. The Morgan fingerprint density at radius 3 is 2.33 bits per heavy atom. The first kappa shape index (κ1) is 19.2. The van der Waals surface area contributed by atoms with E-state index in [-0.39, 0.29) is 17.7 Å². The number of hydrogen-bond acceptors (Lipinski definition) is 2. The molecule has 0 unspecified atom stereocenters. The zero-order valence-electron chi connectivity index (χ0n) is 16.2. The van der Waals surface area contributed by atoms with Crippen LogP contribution in [0.2, 0.25) is 0 Å². The van der Waals surface area contributed by atoms with Crippen LogP contribution in [-0.2, 0) is 22.6 Å². The van der Waals surface area contributed by atoms with Crippen LogP contribution in [0.4, 0.5) is 0 Å². The van der Waals surface area contributed by atoms with Gasteiger partial charge in [0.1, 0.15) is 0 Å². The lowest BCUT2D eigenvalue weighted by atomic mass is 9.95. The molecule has 3 rings (SSSR count). The van der Waals surface area contributed by atoms with E-state index in [9.17, 15) is 9.59 Å². The van der Waals surface area contributed by atoms with Crippen LogP contribution in [0.3, 0.4) is 0 Å². The minimum absolute atomic E-state index is 0.00164. The van der Waals surface area contributed by atoms with Gasteiger partial charge in [0.25, 0.3) is 0 Å². The summed E-state index contributed by atoms with van der Waals surface area (Å²) in [6, 6.07) is 16.3. The summed E-state index contributed by atoms with van der Waals surface area (Å²) >= 11 is 0. The highest BCUT2D eigenvalue weighted by molar-refractivity contribution is 5.81. The van der Waals surface area contributed by atoms with Gasteiger partial charge in [0.15, 0.2) is 0 Å². The van der Waals surface area contributed by atoms with Crippen LogP contribution >= 0.6 is 0 Å². The second-order valence-electron chi connectivity index (χ2n) is 7.52. The molecule has 4 heteroatoms. The Kier molecular flexibility index (Phi) is 6.28. The van der Waals surface area contributed by atoms with Crippen LogP contribution in [0, 0.1) is 19.8 Å². The van der Waals surface area contributed by atoms with Crippen molar-refractivity contribution in [3.05, 3.63) is 70.8 Å². The smallest absolute Gasteiger partial charge is 0.226 e. The molecule has 27 heavy (non-hydrogen) atoms. The summed E-state index contributed by atoms with van der Waals surface area (Å²) in [5, 5.41) is 3.04. The largest absolute Gasteiger partial charge is 0.352 e. The van der Waals surface area contributed by atoms with Crippen molar-refractivity contribution in [3.8, 4) is 0 Å². The maximum Gasteiger partial charge on any atom is 0.226 e. The number of hydrogen-bond donors (Lipinski definition) is 1. The maximum atomic E-state index is 12.5. The van der Waals surface area contributed by atoms with Crippen LogP contribution in [0.15, 0.2) is 48.5 Å². The Labute approximate surface area is 161 Å². The molecule has 0 aliphatic carbocycles. The molecule has 0 atom stereocenters. The molecule has 2 aromatic carbocycles. The lowest BCUT2D eigenvalue weighted by Crippen LogP contribution is -2.43. The fourth-order valence-corrected chi connectivity index (χ4v) is 3.54. The summed E-state index contributed by atoms with van der Waals surface area (Å²) in [4.78, 5) is 26.8. The highest BCUT2D eigenvalue weighted by Gasteiger charge is 2.27. The molecule has 1 N–H and O–H groups in total. The predicted molar refractivity (Wildman–Crippen MR) is 107 cm³/mol. The minimum Gasteiger partial charge on any atom is -0.352 e. The first-order valence-electron chi connectivity index (χ1n) is 9.68. The van der Waals surface area contributed by atoms with Crippen molar-refractivity contribution in [2.45, 2.75) is 39.7 Å². The van der Waals surface area contributed by atoms with Gasteiger partial charge in [0, 0.05) is 25.6 Å². The second kappa shape index (κ2) is 8.85. The minimum atomic E-state index is -0.00164. The average Bonchev–Trinajstić information content (AvgIpc) is 2.68. The van der Waals surface area contributed by atoms with E-state index in [1.54, 1.807) is 0 Å². The molecular formula is C23H28N2O2. The van der Waals surface area contributed by atoms with Crippen LogP contribution in [0.25, 0.3) is 0 Å². The first-order chi connectivity index (χ1) is 13.0. The zero-order chi connectivity index (χ0) is 19.2. The lowest BCUT2D eigenvalue weighted by Gasteiger charge is -2.31. The number of likely N-dealkylation sites (tertiary alicyclic amines) is 1. The van der Waals surface area contributed by atoms with E-state index in [2.05, 4.69) is 24.4 Å². The lowest BCUT2D eigenvalue weighted by molar-refractivity contribution is -0.135. The van der Waals surface area contributed by atoms with Gasteiger partial charge in [-0.25, -0.2) is 0 Å². The van der Waals surface area contributed by atoms with E-state index in [1.807, 2.05) is 48.2 Å². The molecule has 1 aliphatic heterocycles. The summed E-state index contributed by atoms with van der Waals surface area (Å²) in [6.45, 7) is 5.97. The van der Waals surface area contributed by atoms with E-state index in [0.29, 0.717) is 26.1 Å². The number of rotatable bonds is 5. The SMILES string of the molecule is Cc1ccc(CC(=O)N2CCC(C(=O)NCc3cccc(C)c3)CC2)cc1. The monoisotopic (exact) mass is 364 g/mol. The third-order valence-electron chi connectivity index (χ3n) is 5.24. The number of nitrogens with one attached hydrogen (secondary N) is 1. The molecular weight excluding hydrogens is 336 g/mol. The van der Waals surface area contributed by atoms with Crippen molar-refractivity contribution in [1.82, 2.24) is 10.2 Å². The fourth-order valence-electron chi connectivity index (χ4n) is 3.54. The van der Waals surface area contributed by atoms with E-state index in [0.717, 1.165) is 24.0 Å². The summed E-state index contributed by atoms with van der Waals surface area (Å²) in [5.74, 6) is 0.248. The van der Waals surface area contributed by atoms with E-state index >= 15 is 0 Å². The van der Waals surface area contributed by atoms with Gasteiger partial charge < -0.3 is 10.2 Å². The van der Waals surface area contributed by atoms with E-state index in [4.69, 9.17) is 0 Å². The molecule has 0 saturated carbocycles. The zero-order valence-corrected chi connectivity index (χ0v) is 16.2. The summed E-state index contributed by atoms with van der Waals surface area (Å²) in [5.41, 5.74) is 4.56. The van der Waals surface area contributed by atoms with Crippen molar-refractivity contribution in [1.29, 1.82) is 0 Å². The standard InChI is InChI=1S/C23H28N2O2/c1-17-6-8-19(9-7-17)15-22(26)25-12-10-21(11-13-25)23(27)24-16-20-5-3-4-18(2)14-20/h3-9,14,21H,10-13,15-16H2,1-2H3,(H,24,27). The van der Waals surface area contributed by atoms with Crippen LogP contribution in [-0.4, -0.2) is 29.8 Å². The van der Waals surface area contributed by atoms with Gasteiger partial charge in [0.05, 0.1) is 6.42 Å². The van der Waals surface area contributed by atoms with Crippen molar-refractivity contribution < 1.29 is 9.59 Å². The highest BCUT2D eigenvalue weighted by atomic mass is 16.2. The van der Waals surface area contributed by atoms with Crippen molar-refractivity contribution >= 4 is 11.8 Å². The number of piperidine rings is 1. The normalized spacial score (nSPS) is 14.8. The summed E-state index contributed by atoms with van der Waals surface area (Å²) in [6.07, 6.45) is 1.91. The number of carbonyl (C=O) groups is 2. The maximum absolute atomic E-state index is 12.5. The number of nitrogens with zero attached hydrogens (tertiary/aromatic N) is 1. The number of amides is 2. The quantitative estimate of drug-likeness (QED) is 0.884. The van der Waals surface area contributed by atoms with Gasteiger partial charge in [-0.1, -0.05) is 59.7 Å². The second-order valence-corrected chi connectivity index (χ2v) is 7.52. The molecule has 1 heterocycles. The van der Waals surface area contributed by atoms with Crippen molar-refractivity contribution in [2.75, 3.05) is 13.1 Å². The Bertz CT molecular complexity index is 790. The van der Waals surface area contributed by atoms with Gasteiger partial charge in [-0.2, -0.15) is 0 Å². The van der Waals surface area contributed by atoms with Crippen LogP contribution in [0.5, 0.6) is 0 Å². The third kappa shape index (κ3) is 5.43. The summed E-state index contributed by atoms with van der Waals surface area (Å²) < 4.78 is 0. The Morgan fingerprint density at radius 2 is 1.67 bits per heavy atom. The number of benzene rings is 2. The molecule has 0 radical (unpaired) electrons. The van der Waals surface area contributed by atoms with Crippen LogP contribution < -0.4 is 5.32 Å². The Morgan fingerprint density at radius 1 is 0.963 bits per heavy atom. The summed E-state index contributed by atoms with van der Waals surface area (Å²) in [7, 11) is 0. The molecule has 0 spiro atoms. The van der Waals surface area contributed by atoms with E-state index in [1.165, 1.54) is 11.1 Å². The molecule has 0 bridgehead atoms. The number of aryl methyl sites for hydroxylation is 2. The van der Waals surface area contributed by atoms with Gasteiger partial charge in [-0.05, 0) is 37.8 Å². The van der Waals surface area contributed by atoms with Crippen molar-refractivity contribution in [3.63, 3.8) is 0 Å². The molecule has 2 amide bonds. The Balaban J connectivity index is 1.44. The van der Waals surface area contributed by atoms with E-state index < -0.39 is 0 Å². The average molecular weight is 364 g/mol. The molecule has 142 valence electrons. The molecule has 2 aromatic rings. The molecule has 0 aromatic heterocycles. The topological polar surface area (TPSA) is 49.4 Å². The molecule has 4 nitrogen and oxygen atoms in total. The van der Waals surface area contributed by atoms with Gasteiger partial charge in [-0.3, -0.25) is 9.59 Å². The van der Waals surface area contributed by atoms with Gasteiger partial charge in [-0.15, -0.1) is 0 Å². The molecule has 1 aliphatic rings. The van der Waals surface area contributed by atoms with Gasteiger partial charge in [0.2, 0.25) is 11.8 Å². The Hall–Kier alpha value is -2.62. The van der Waals surface area contributed by atoms with Crippen LogP contribution in [0.1, 0.15) is 35.1 Å². The highest BCUT2D eigenvalue weighted by Crippen LogP contribution is 2.19. The third-order valence-corrected chi connectivity index (χ3v) is 5.24. The number of carbonyl (C=O) groups excluding carboxylic acids is 2. The fraction of sp³-hybridized carbons (Fsp3) is 0.391. The van der Waals surface area contributed by atoms with Gasteiger partial charge >= 0.3 is 0 Å². The molecule has 1 fully saturated rings. The predicted octanol–water partition coefficient (Wildman–Crippen LogP) is 3.40.